The van der Waals surface area contributed by atoms with E-state index in [1.54, 1.807) is 32.9 Å². The number of methoxy groups -OCH3 is 1. The van der Waals surface area contributed by atoms with Crippen LogP contribution in [0.15, 0.2) is 22.7 Å². The van der Waals surface area contributed by atoms with Crippen molar-refractivity contribution in [1.82, 2.24) is 4.90 Å². The standard InChI is InChI=1S/C13H18BrNO3/c1-13(2,12(16)17)15(3)8-9-7-10(14)5-6-11(9)18-4/h5-7H,8H2,1-4H3,(H,16,17). The minimum atomic E-state index is -0.923. The molecule has 0 aliphatic carbocycles. The van der Waals surface area contributed by atoms with Gasteiger partial charge in [-0.1, -0.05) is 15.9 Å². The Hall–Kier alpha value is -1.07. The van der Waals surface area contributed by atoms with Gasteiger partial charge in [-0.2, -0.15) is 0 Å². The largest absolute Gasteiger partial charge is 0.496 e. The van der Waals surface area contributed by atoms with Crippen LogP contribution in [0.2, 0.25) is 0 Å². The summed E-state index contributed by atoms with van der Waals surface area (Å²) in [5, 5.41) is 9.19. The number of halogens is 1. The van der Waals surface area contributed by atoms with Crippen molar-refractivity contribution in [2.45, 2.75) is 25.9 Å². The molecule has 0 heterocycles. The molecule has 0 bridgehead atoms. The average molecular weight is 316 g/mol. The van der Waals surface area contributed by atoms with Gasteiger partial charge in [0.25, 0.3) is 0 Å². The monoisotopic (exact) mass is 315 g/mol. The highest BCUT2D eigenvalue weighted by atomic mass is 79.9. The van der Waals surface area contributed by atoms with E-state index in [1.807, 2.05) is 18.2 Å². The van der Waals surface area contributed by atoms with Crippen molar-refractivity contribution in [3.8, 4) is 5.75 Å². The molecule has 0 atom stereocenters. The summed E-state index contributed by atoms with van der Waals surface area (Å²) in [6.07, 6.45) is 0. The van der Waals surface area contributed by atoms with E-state index in [-0.39, 0.29) is 0 Å². The molecule has 5 heteroatoms. The van der Waals surface area contributed by atoms with Crippen LogP contribution in [-0.4, -0.2) is 35.7 Å². The number of rotatable bonds is 5. The molecule has 0 aliphatic rings. The van der Waals surface area contributed by atoms with Crippen LogP contribution in [0.25, 0.3) is 0 Å². The van der Waals surface area contributed by atoms with Gasteiger partial charge >= 0.3 is 5.97 Å². The molecule has 1 N–H and O–H groups in total. The number of carboxylic acids is 1. The third kappa shape index (κ3) is 3.23. The van der Waals surface area contributed by atoms with Crippen LogP contribution in [0.3, 0.4) is 0 Å². The van der Waals surface area contributed by atoms with E-state index in [0.29, 0.717) is 6.54 Å². The van der Waals surface area contributed by atoms with E-state index >= 15 is 0 Å². The van der Waals surface area contributed by atoms with Gasteiger partial charge in [-0.05, 0) is 39.1 Å². The lowest BCUT2D eigenvalue weighted by atomic mass is 10.0. The van der Waals surface area contributed by atoms with Gasteiger partial charge in [0.1, 0.15) is 11.3 Å². The zero-order valence-corrected chi connectivity index (χ0v) is 12.6. The van der Waals surface area contributed by atoms with Crippen molar-refractivity contribution in [1.29, 1.82) is 0 Å². The van der Waals surface area contributed by atoms with Crippen LogP contribution in [0.1, 0.15) is 19.4 Å². The third-order valence-electron chi connectivity index (χ3n) is 3.13. The van der Waals surface area contributed by atoms with Crippen LogP contribution in [0.5, 0.6) is 5.75 Å². The number of carboxylic acid groups (broad SMARTS) is 1. The summed E-state index contributed by atoms with van der Waals surface area (Å²) in [6.45, 7) is 3.86. The molecule has 0 saturated carbocycles. The van der Waals surface area contributed by atoms with Gasteiger partial charge in [-0.15, -0.1) is 0 Å². The fourth-order valence-corrected chi connectivity index (χ4v) is 1.90. The molecule has 0 fully saturated rings. The number of hydrogen-bond donors (Lipinski definition) is 1. The molecule has 0 unspecified atom stereocenters. The molecular weight excluding hydrogens is 298 g/mol. The van der Waals surface area contributed by atoms with Crippen molar-refractivity contribution in [2.75, 3.05) is 14.2 Å². The summed E-state index contributed by atoms with van der Waals surface area (Å²) < 4.78 is 6.22. The van der Waals surface area contributed by atoms with E-state index in [4.69, 9.17) is 4.74 Å². The number of aliphatic carboxylic acids is 1. The van der Waals surface area contributed by atoms with Crippen LogP contribution >= 0.6 is 15.9 Å². The zero-order chi connectivity index (χ0) is 13.9. The van der Waals surface area contributed by atoms with E-state index in [9.17, 15) is 9.90 Å². The quantitative estimate of drug-likeness (QED) is 0.907. The molecule has 100 valence electrons. The molecule has 1 aromatic carbocycles. The van der Waals surface area contributed by atoms with Crippen molar-refractivity contribution in [2.24, 2.45) is 0 Å². The number of ether oxygens (including phenoxy) is 1. The summed E-state index contributed by atoms with van der Waals surface area (Å²) in [5.74, 6) is -0.0924. The maximum atomic E-state index is 11.2. The second-order valence-corrected chi connectivity index (χ2v) is 5.59. The van der Waals surface area contributed by atoms with Gasteiger partial charge in [0.2, 0.25) is 0 Å². The molecule has 0 radical (unpaired) electrons. The maximum absolute atomic E-state index is 11.2. The Morgan fingerprint density at radius 2 is 2.11 bits per heavy atom. The lowest BCUT2D eigenvalue weighted by Crippen LogP contribution is -2.47. The lowest BCUT2D eigenvalue weighted by Gasteiger charge is -2.31. The Kier molecular flexibility index (Phi) is 4.76. The van der Waals surface area contributed by atoms with Crippen LogP contribution in [0, 0.1) is 0 Å². The number of likely N-dealkylation sites (N-methyl/N-ethyl adjacent to an activating group) is 1. The SMILES string of the molecule is COc1ccc(Br)cc1CN(C)C(C)(C)C(=O)O. The fraction of sp³-hybridized carbons (Fsp3) is 0.462. The Labute approximate surface area is 116 Å². The number of nitrogens with zero attached hydrogens (tertiary/aromatic N) is 1. The molecule has 18 heavy (non-hydrogen) atoms. The van der Waals surface area contributed by atoms with E-state index in [0.717, 1.165) is 15.8 Å². The zero-order valence-electron chi connectivity index (χ0n) is 11.0. The summed E-state index contributed by atoms with van der Waals surface area (Å²) in [4.78, 5) is 13.0. The van der Waals surface area contributed by atoms with Gasteiger partial charge < -0.3 is 9.84 Å². The molecule has 0 spiro atoms. The summed E-state index contributed by atoms with van der Waals surface area (Å²) in [5.41, 5.74) is 0.0246. The van der Waals surface area contributed by atoms with E-state index in [1.165, 1.54) is 0 Å². The first-order valence-corrected chi connectivity index (χ1v) is 6.35. The second kappa shape index (κ2) is 5.71. The highest BCUT2D eigenvalue weighted by Crippen LogP contribution is 2.26. The van der Waals surface area contributed by atoms with Crippen molar-refractivity contribution in [3.05, 3.63) is 28.2 Å². The molecule has 1 rings (SSSR count). The smallest absolute Gasteiger partial charge is 0.323 e. The van der Waals surface area contributed by atoms with Gasteiger partial charge in [0.15, 0.2) is 0 Å². The van der Waals surface area contributed by atoms with Gasteiger partial charge in [-0.3, -0.25) is 9.69 Å². The first-order chi connectivity index (χ1) is 8.28. The predicted molar refractivity (Wildman–Crippen MR) is 73.9 cm³/mol. The number of benzene rings is 1. The highest BCUT2D eigenvalue weighted by Gasteiger charge is 2.32. The Balaban J connectivity index is 2.97. The number of carbonyl (C=O) groups is 1. The third-order valence-corrected chi connectivity index (χ3v) is 3.62. The molecule has 0 amide bonds. The normalized spacial score (nSPS) is 11.7. The number of hydrogen-bond acceptors (Lipinski definition) is 3. The lowest BCUT2D eigenvalue weighted by molar-refractivity contribution is -0.148. The average Bonchev–Trinajstić information content (AvgIpc) is 2.29. The Bertz CT molecular complexity index is 446. The molecule has 0 aromatic heterocycles. The minimum absolute atomic E-state index is 0.502. The maximum Gasteiger partial charge on any atom is 0.323 e. The summed E-state index contributed by atoms with van der Waals surface area (Å²) in [6, 6.07) is 5.69. The van der Waals surface area contributed by atoms with E-state index < -0.39 is 11.5 Å². The van der Waals surface area contributed by atoms with Crippen molar-refractivity contribution < 1.29 is 14.6 Å². The Morgan fingerprint density at radius 3 is 2.61 bits per heavy atom. The molecule has 4 nitrogen and oxygen atoms in total. The topological polar surface area (TPSA) is 49.8 Å². The van der Waals surface area contributed by atoms with Gasteiger partial charge in [0.05, 0.1) is 7.11 Å². The van der Waals surface area contributed by atoms with Crippen LogP contribution in [-0.2, 0) is 11.3 Å². The second-order valence-electron chi connectivity index (χ2n) is 4.68. The molecule has 1 aromatic rings. The first-order valence-electron chi connectivity index (χ1n) is 5.56. The first kappa shape index (κ1) is 15.0. The summed E-state index contributed by atoms with van der Waals surface area (Å²) >= 11 is 3.40. The van der Waals surface area contributed by atoms with Gasteiger partial charge in [-0.25, -0.2) is 0 Å². The minimum Gasteiger partial charge on any atom is -0.496 e. The van der Waals surface area contributed by atoms with Crippen molar-refractivity contribution >= 4 is 21.9 Å². The fourth-order valence-electron chi connectivity index (χ4n) is 1.49. The molecule has 0 aliphatic heterocycles. The van der Waals surface area contributed by atoms with Gasteiger partial charge in [0, 0.05) is 16.6 Å². The highest BCUT2D eigenvalue weighted by molar-refractivity contribution is 9.10. The summed E-state index contributed by atoms with van der Waals surface area (Å²) in [7, 11) is 3.39. The predicted octanol–water partition coefficient (Wildman–Crippen LogP) is 2.75. The molecule has 0 saturated heterocycles. The molecular formula is C13H18BrNO3. The van der Waals surface area contributed by atoms with E-state index in [2.05, 4.69) is 15.9 Å². The Morgan fingerprint density at radius 1 is 1.50 bits per heavy atom. The van der Waals surface area contributed by atoms with Crippen molar-refractivity contribution in [3.63, 3.8) is 0 Å². The van der Waals surface area contributed by atoms with Crippen LogP contribution < -0.4 is 4.74 Å². The van der Waals surface area contributed by atoms with Crippen LogP contribution in [0.4, 0.5) is 0 Å².